The van der Waals surface area contributed by atoms with Gasteiger partial charge in [0.1, 0.15) is 5.78 Å². The first-order chi connectivity index (χ1) is 5.20. The minimum absolute atomic E-state index is 0.0356. The van der Waals surface area contributed by atoms with Crippen LogP contribution in [0.4, 0.5) is 0 Å². The molecule has 11 heavy (non-hydrogen) atoms. The number of carbonyl (C=O) groups excluding carboxylic acids is 1. The van der Waals surface area contributed by atoms with Crippen LogP contribution in [0.25, 0.3) is 0 Å². The van der Waals surface area contributed by atoms with Gasteiger partial charge in [0.15, 0.2) is 5.82 Å². The van der Waals surface area contributed by atoms with E-state index < -0.39 is 0 Å². The third-order valence-electron chi connectivity index (χ3n) is 1.37. The lowest BCUT2D eigenvalue weighted by Crippen LogP contribution is -2.11. The maximum absolute atomic E-state index is 11.1. The van der Waals surface area contributed by atoms with Crippen molar-refractivity contribution in [2.45, 2.75) is 20.3 Å². The number of ketones is 1. The van der Waals surface area contributed by atoms with Crippen molar-refractivity contribution in [2.75, 3.05) is 0 Å². The topological polar surface area (TPSA) is 71.5 Å². The molecule has 0 aromatic carbocycles. The first-order valence-corrected chi connectivity index (χ1v) is 3.45. The highest BCUT2D eigenvalue weighted by Crippen LogP contribution is 1.98. The number of hydrogen-bond acceptors (Lipinski definition) is 4. The number of aromatic amines is 1. The summed E-state index contributed by atoms with van der Waals surface area (Å²) in [6.07, 6.45) is 0.272. The lowest BCUT2D eigenvalue weighted by atomic mass is 10.1. The SMILES string of the molecule is CC(C)C(=O)Cc1nn[nH]n1. The van der Waals surface area contributed by atoms with Crippen molar-refractivity contribution >= 4 is 5.78 Å². The number of carbonyl (C=O) groups is 1. The van der Waals surface area contributed by atoms with Crippen LogP contribution in [0.1, 0.15) is 19.7 Å². The molecule has 0 saturated carbocycles. The molecular formula is C6H10N4O. The quantitative estimate of drug-likeness (QED) is 0.663. The van der Waals surface area contributed by atoms with Gasteiger partial charge in [0.25, 0.3) is 0 Å². The molecule has 0 fully saturated rings. The molecule has 1 rings (SSSR count). The highest BCUT2D eigenvalue weighted by atomic mass is 16.1. The van der Waals surface area contributed by atoms with E-state index in [1.54, 1.807) is 0 Å². The number of nitrogens with zero attached hydrogens (tertiary/aromatic N) is 3. The minimum Gasteiger partial charge on any atom is -0.299 e. The Morgan fingerprint density at radius 1 is 1.64 bits per heavy atom. The van der Waals surface area contributed by atoms with Crippen LogP contribution in [0.5, 0.6) is 0 Å². The molecule has 0 amide bonds. The fraction of sp³-hybridized carbons (Fsp3) is 0.667. The molecule has 0 saturated heterocycles. The molecule has 1 N–H and O–H groups in total. The Labute approximate surface area is 64.2 Å². The maximum atomic E-state index is 11.1. The number of aromatic nitrogens is 4. The fourth-order valence-corrected chi connectivity index (χ4v) is 0.617. The number of nitrogens with one attached hydrogen (secondary N) is 1. The second-order valence-electron chi connectivity index (χ2n) is 2.63. The van der Waals surface area contributed by atoms with Gasteiger partial charge < -0.3 is 0 Å². The van der Waals surface area contributed by atoms with Crippen LogP contribution in [-0.4, -0.2) is 26.4 Å². The second kappa shape index (κ2) is 3.23. The zero-order valence-electron chi connectivity index (χ0n) is 6.53. The molecule has 0 aliphatic rings. The third kappa shape index (κ3) is 2.10. The minimum atomic E-state index is 0.0356. The fourth-order valence-electron chi connectivity index (χ4n) is 0.617. The van der Waals surface area contributed by atoms with E-state index in [0.29, 0.717) is 5.82 Å². The molecule has 5 nitrogen and oxygen atoms in total. The highest BCUT2D eigenvalue weighted by molar-refractivity contribution is 5.81. The number of Topliss-reactive ketones (excluding diaryl/α,β-unsaturated/α-hetero) is 1. The van der Waals surface area contributed by atoms with Crippen molar-refractivity contribution in [2.24, 2.45) is 5.92 Å². The van der Waals surface area contributed by atoms with E-state index in [1.165, 1.54) is 0 Å². The summed E-state index contributed by atoms with van der Waals surface area (Å²) in [6, 6.07) is 0. The van der Waals surface area contributed by atoms with Gasteiger partial charge in [-0.15, -0.1) is 10.2 Å². The lowest BCUT2D eigenvalue weighted by molar-refractivity contribution is -0.121. The summed E-state index contributed by atoms with van der Waals surface area (Å²) in [5.74, 6) is 0.628. The predicted octanol–water partition coefficient (Wildman–Crippen LogP) is -0.0327. The Morgan fingerprint density at radius 3 is 2.82 bits per heavy atom. The average molecular weight is 154 g/mol. The summed E-state index contributed by atoms with van der Waals surface area (Å²) in [6.45, 7) is 3.70. The van der Waals surface area contributed by atoms with Crippen molar-refractivity contribution in [1.29, 1.82) is 0 Å². The number of tetrazole rings is 1. The van der Waals surface area contributed by atoms with Gasteiger partial charge in [0.2, 0.25) is 0 Å². The molecule has 1 heterocycles. The van der Waals surface area contributed by atoms with E-state index in [1.807, 2.05) is 13.8 Å². The Balaban J connectivity index is 2.50. The number of rotatable bonds is 3. The Hall–Kier alpha value is -1.26. The van der Waals surface area contributed by atoms with Crippen LogP contribution in [0.2, 0.25) is 0 Å². The summed E-state index contributed by atoms with van der Waals surface area (Å²) < 4.78 is 0. The van der Waals surface area contributed by atoms with Gasteiger partial charge in [0.05, 0.1) is 6.42 Å². The molecule has 0 spiro atoms. The standard InChI is InChI=1S/C6H10N4O/c1-4(2)5(11)3-6-7-9-10-8-6/h4H,3H2,1-2H3,(H,7,8,9,10). The summed E-state index contributed by atoms with van der Waals surface area (Å²) in [4.78, 5) is 11.1. The molecule has 5 heteroatoms. The molecular weight excluding hydrogens is 144 g/mol. The molecule has 0 unspecified atom stereocenters. The van der Waals surface area contributed by atoms with Crippen molar-refractivity contribution in [1.82, 2.24) is 20.6 Å². The summed E-state index contributed by atoms with van der Waals surface area (Å²) in [7, 11) is 0. The number of hydrogen-bond donors (Lipinski definition) is 1. The number of H-pyrrole nitrogens is 1. The van der Waals surface area contributed by atoms with Crippen LogP contribution in [-0.2, 0) is 11.2 Å². The van der Waals surface area contributed by atoms with Crippen LogP contribution >= 0.6 is 0 Å². The highest BCUT2D eigenvalue weighted by Gasteiger charge is 2.10. The molecule has 0 radical (unpaired) electrons. The lowest BCUT2D eigenvalue weighted by Gasteiger charge is -1.98. The van der Waals surface area contributed by atoms with Crippen LogP contribution in [0.15, 0.2) is 0 Å². The maximum Gasteiger partial charge on any atom is 0.181 e. The summed E-state index contributed by atoms with van der Waals surface area (Å²) >= 11 is 0. The van der Waals surface area contributed by atoms with Crippen LogP contribution < -0.4 is 0 Å². The van der Waals surface area contributed by atoms with E-state index in [2.05, 4.69) is 20.6 Å². The van der Waals surface area contributed by atoms with Crippen LogP contribution in [0.3, 0.4) is 0 Å². The van der Waals surface area contributed by atoms with Gasteiger partial charge in [-0.3, -0.25) is 4.79 Å². The Bertz CT molecular complexity index is 229. The van der Waals surface area contributed by atoms with Gasteiger partial charge in [-0.25, -0.2) is 0 Å². The first kappa shape index (κ1) is 7.84. The smallest absolute Gasteiger partial charge is 0.181 e. The monoisotopic (exact) mass is 154 g/mol. The predicted molar refractivity (Wildman–Crippen MR) is 37.7 cm³/mol. The van der Waals surface area contributed by atoms with Crippen molar-refractivity contribution in [3.8, 4) is 0 Å². The third-order valence-corrected chi connectivity index (χ3v) is 1.37. The summed E-state index contributed by atoms with van der Waals surface area (Å²) in [5.41, 5.74) is 0. The van der Waals surface area contributed by atoms with Crippen LogP contribution in [0, 0.1) is 5.92 Å². The second-order valence-corrected chi connectivity index (χ2v) is 2.63. The van der Waals surface area contributed by atoms with E-state index in [0.717, 1.165) is 0 Å². The molecule has 0 aliphatic carbocycles. The van der Waals surface area contributed by atoms with Crippen molar-refractivity contribution in [3.63, 3.8) is 0 Å². The van der Waals surface area contributed by atoms with Crippen molar-refractivity contribution < 1.29 is 4.79 Å². The molecule has 1 aromatic rings. The molecule has 0 aliphatic heterocycles. The molecule has 0 bridgehead atoms. The normalized spacial score (nSPS) is 10.5. The van der Waals surface area contributed by atoms with Gasteiger partial charge in [-0.05, 0) is 0 Å². The van der Waals surface area contributed by atoms with E-state index in [9.17, 15) is 4.79 Å². The van der Waals surface area contributed by atoms with Gasteiger partial charge in [0, 0.05) is 5.92 Å². The van der Waals surface area contributed by atoms with Gasteiger partial charge in [-0.1, -0.05) is 19.1 Å². The van der Waals surface area contributed by atoms with E-state index >= 15 is 0 Å². The average Bonchev–Trinajstić information content (AvgIpc) is 2.39. The Morgan fingerprint density at radius 2 is 2.36 bits per heavy atom. The largest absolute Gasteiger partial charge is 0.299 e. The Kier molecular flexibility index (Phi) is 2.30. The zero-order valence-corrected chi connectivity index (χ0v) is 6.53. The zero-order chi connectivity index (χ0) is 8.27. The first-order valence-electron chi connectivity index (χ1n) is 3.45. The molecule has 60 valence electrons. The van der Waals surface area contributed by atoms with Gasteiger partial charge in [-0.2, -0.15) is 5.21 Å². The molecule has 0 atom stereocenters. The van der Waals surface area contributed by atoms with E-state index in [-0.39, 0.29) is 18.1 Å². The van der Waals surface area contributed by atoms with Gasteiger partial charge >= 0.3 is 0 Å². The molecule has 1 aromatic heterocycles. The summed E-state index contributed by atoms with van der Waals surface area (Å²) in [5, 5.41) is 13.0. The van der Waals surface area contributed by atoms with Crippen molar-refractivity contribution in [3.05, 3.63) is 5.82 Å². The van der Waals surface area contributed by atoms with E-state index in [4.69, 9.17) is 0 Å².